The molecule has 0 aromatic heterocycles. The van der Waals surface area contributed by atoms with Crippen LogP contribution in [0.5, 0.6) is 0 Å². The zero-order chi connectivity index (χ0) is 13.7. The molecule has 1 aromatic carbocycles. The standard InChI is InChI=1S/C14H21N3O2.3ClH/c15-10-13(14(18)19)17-8-6-16(7-9-17)11-12-4-2-1-3-5-12;;;/h1-5,13H,6-11,15H2,(H,18,19);3*1H. The van der Waals surface area contributed by atoms with Crippen LogP contribution < -0.4 is 5.73 Å². The van der Waals surface area contributed by atoms with Crippen molar-refractivity contribution >= 4 is 43.2 Å². The average Bonchev–Trinajstić information content (AvgIpc) is 2.42. The van der Waals surface area contributed by atoms with Gasteiger partial charge in [0.15, 0.2) is 0 Å². The fraction of sp³-hybridized carbons (Fsp3) is 0.500. The molecule has 22 heavy (non-hydrogen) atoms. The van der Waals surface area contributed by atoms with Crippen LogP contribution in [0.25, 0.3) is 0 Å². The maximum absolute atomic E-state index is 11.1. The molecule has 2 rings (SSSR count). The Labute approximate surface area is 150 Å². The Hall–Kier alpha value is -0.560. The highest BCUT2D eigenvalue weighted by molar-refractivity contribution is 5.86. The molecule has 0 bridgehead atoms. The number of hydrogen-bond acceptors (Lipinski definition) is 4. The van der Waals surface area contributed by atoms with Crippen molar-refractivity contribution in [3.8, 4) is 0 Å². The molecule has 0 amide bonds. The maximum Gasteiger partial charge on any atom is 0.322 e. The maximum atomic E-state index is 11.1. The van der Waals surface area contributed by atoms with Crippen LogP contribution in [0.4, 0.5) is 0 Å². The summed E-state index contributed by atoms with van der Waals surface area (Å²) in [7, 11) is 0. The van der Waals surface area contributed by atoms with E-state index >= 15 is 0 Å². The van der Waals surface area contributed by atoms with Gasteiger partial charge in [0, 0.05) is 39.3 Å². The number of aliphatic carboxylic acids is 1. The topological polar surface area (TPSA) is 69.8 Å². The van der Waals surface area contributed by atoms with Gasteiger partial charge in [-0.1, -0.05) is 30.3 Å². The van der Waals surface area contributed by atoms with Crippen molar-refractivity contribution in [3.63, 3.8) is 0 Å². The molecule has 1 saturated heterocycles. The first-order valence-electron chi connectivity index (χ1n) is 6.64. The third-order valence-corrected chi connectivity index (χ3v) is 3.60. The fourth-order valence-corrected chi connectivity index (χ4v) is 2.48. The molecule has 5 nitrogen and oxygen atoms in total. The summed E-state index contributed by atoms with van der Waals surface area (Å²) in [6.07, 6.45) is 0. The Morgan fingerprint density at radius 1 is 1.09 bits per heavy atom. The number of benzene rings is 1. The molecule has 8 heteroatoms. The van der Waals surface area contributed by atoms with E-state index in [-0.39, 0.29) is 43.8 Å². The highest BCUT2D eigenvalue weighted by Crippen LogP contribution is 2.10. The van der Waals surface area contributed by atoms with Crippen molar-refractivity contribution in [1.29, 1.82) is 0 Å². The van der Waals surface area contributed by atoms with Gasteiger partial charge in [-0.05, 0) is 5.56 Å². The van der Waals surface area contributed by atoms with Gasteiger partial charge in [0.05, 0.1) is 0 Å². The lowest BCUT2D eigenvalue weighted by Crippen LogP contribution is -2.54. The van der Waals surface area contributed by atoms with Crippen molar-refractivity contribution in [2.24, 2.45) is 5.73 Å². The number of carbonyl (C=O) groups is 1. The number of nitrogens with two attached hydrogens (primary N) is 1. The summed E-state index contributed by atoms with van der Waals surface area (Å²) in [5.41, 5.74) is 6.82. The Bertz CT molecular complexity index is 415. The van der Waals surface area contributed by atoms with Crippen molar-refractivity contribution in [2.45, 2.75) is 12.6 Å². The molecular formula is C14H24Cl3N3O2. The molecule has 1 fully saturated rings. The normalized spacial score (nSPS) is 16.6. The molecule has 3 N–H and O–H groups in total. The van der Waals surface area contributed by atoms with E-state index in [1.165, 1.54) is 5.56 Å². The van der Waals surface area contributed by atoms with Crippen LogP contribution in [0.1, 0.15) is 5.56 Å². The minimum Gasteiger partial charge on any atom is -0.480 e. The largest absolute Gasteiger partial charge is 0.480 e. The predicted octanol–water partition coefficient (Wildman–Crippen LogP) is 1.48. The molecule has 1 aliphatic heterocycles. The molecule has 1 aromatic rings. The lowest BCUT2D eigenvalue weighted by molar-refractivity contribution is -0.143. The fourth-order valence-electron chi connectivity index (χ4n) is 2.48. The van der Waals surface area contributed by atoms with E-state index in [9.17, 15) is 4.79 Å². The number of rotatable bonds is 5. The SMILES string of the molecule is Cl.Cl.Cl.NCC(C(=O)O)N1CCN(Cc2ccccc2)CC1. The molecule has 1 unspecified atom stereocenters. The van der Waals surface area contributed by atoms with Gasteiger partial charge in [0.1, 0.15) is 6.04 Å². The molecule has 0 spiro atoms. The van der Waals surface area contributed by atoms with Gasteiger partial charge in [0.25, 0.3) is 0 Å². The highest BCUT2D eigenvalue weighted by atomic mass is 35.5. The van der Waals surface area contributed by atoms with Gasteiger partial charge in [0.2, 0.25) is 0 Å². The summed E-state index contributed by atoms with van der Waals surface area (Å²) in [4.78, 5) is 15.4. The Kier molecular flexibility index (Phi) is 12.9. The number of nitrogens with zero attached hydrogens (tertiary/aromatic N) is 2. The Balaban J connectivity index is 0. The smallest absolute Gasteiger partial charge is 0.322 e. The van der Waals surface area contributed by atoms with E-state index < -0.39 is 12.0 Å². The molecule has 1 atom stereocenters. The van der Waals surface area contributed by atoms with E-state index in [1.54, 1.807) is 0 Å². The van der Waals surface area contributed by atoms with Crippen molar-refractivity contribution in [1.82, 2.24) is 9.80 Å². The van der Waals surface area contributed by atoms with Crippen molar-refractivity contribution in [2.75, 3.05) is 32.7 Å². The number of hydrogen-bond donors (Lipinski definition) is 2. The molecule has 0 radical (unpaired) electrons. The molecule has 1 aliphatic rings. The van der Waals surface area contributed by atoms with Crippen molar-refractivity contribution < 1.29 is 9.90 Å². The summed E-state index contributed by atoms with van der Waals surface area (Å²) < 4.78 is 0. The van der Waals surface area contributed by atoms with Gasteiger partial charge in [-0.3, -0.25) is 14.6 Å². The minimum atomic E-state index is -0.820. The predicted molar refractivity (Wildman–Crippen MR) is 95.5 cm³/mol. The number of piperazine rings is 1. The summed E-state index contributed by atoms with van der Waals surface area (Å²) in [6, 6.07) is 9.79. The second-order valence-corrected chi connectivity index (χ2v) is 4.89. The van der Waals surface area contributed by atoms with Crippen LogP contribution >= 0.6 is 37.2 Å². The van der Waals surface area contributed by atoms with Crippen LogP contribution in [0, 0.1) is 0 Å². The van der Waals surface area contributed by atoms with Crippen LogP contribution in [0.15, 0.2) is 30.3 Å². The molecule has 128 valence electrons. The van der Waals surface area contributed by atoms with Crippen LogP contribution in [-0.2, 0) is 11.3 Å². The van der Waals surface area contributed by atoms with Gasteiger partial charge in [-0.2, -0.15) is 0 Å². The second-order valence-electron chi connectivity index (χ2n) is 4.89. The lowest BCUT2D eigenvalue weighted by atomic mass is 10.1. The third-order valence-electron chi connectivity index (χ3n) is 3.60. The van der Waals surface area contributed by atoms with E-state index in [1.807, 2.05) is 23.1 Å². The molecule has 1 heterocycles. The van der Waals surface area contributed by atoms with Gasteiger partial charge in [-0.25, -0.2) is 0 Å². The van der Waals surface area contributed by atoms with Crippen LogP contribution in [0.2, 0.25) is 0 Å². The summed E-state index contributed by atoms with van der Waals surface area (Å²) >= 11 is 0. The molecule has 0 aliphatic carbocycles. The number of carboxylic acid groups (broad SMARTS) is 1. The highest BCUT2D eigenvalue weighted by Gasteiger charge is 2.27. The minimum absolute atomic E-state index is 0. The number of halogens is 3. The quantitative estimate of drug-likeness (QED) is 0.819. The van der Waals surface area contributed by atoms with Gasteiger partial charge >= 0.3 is 5.97 Å². The average molecular weight is 373 g/mol. The van der Waals surface area contributed by atoms with Crippen LogP contribution in [0.3, 0.4) is 0 Å². The van der Waals surface area contributed by atoms with E-state index in [0.29, 0.717) is 0 Å². The first kappa shape index (κ1) is 23.7. The summed E-state index contributed by atoms with van der Waals surface area (Å²) in [5.74, 6) is -0.820. The third kappa shape index (κ3) is 6.69. The monoisotopic (exact) mass is 371 g/mol. The van der Waals surface area contributed by atoms with Gasteiger partial charge in [-0.15, -0.1) is 37.2 Å². The molecular weight excluding hydrogens is 349 g/mol. The Morgan fingerprint density at radius 3 is 2.09 bits per heavy atom. The lowest BCUT2D eigenvalue weighted by Gasteiger charge is -2.37. The molecule has 0 saturated carbocycles. The Morgan fingerprint density at radius 2 is 1.64 bits per heavy atom. The summed E-state index contributed by atoms with van der Waals surface area (Å²) in [5, 5.41) is 9.09. The van der Waals surface area contributed by atoms with Crippen LogP contribution in [-0.4, -0.2) is 59.6 Å². The second kappa shape index (κ2) is 11.9. The first-order valence-corrected chi connectivity index (χ1v) is 6.64. The number of carboxylic acids is 1. The summed E-state index contributed by atoms with van der Waals surface area (Å²) in [6.45, 7) is 4.41. The van der Waals surface area contributed by atoms with E-state index in [2.05, 4.69) is 17.0 Å². The zero-order valence-electron chi connectivity index (χ0n) is 12.3. The van der Waals surface area contributed by atoms with Gasteiger partial charge < -0.3 is 10.8 Å². The first-order chi connectivity index (χ1) is 9.20. The van der Waals surface area contributed by atoms with E-state index in [4.69, 9.17) is 10.8 Å². The van der Waals surface area contributed by atoms with E-state index in [0.717, 1.165) is 32.7 Å². The zero-order valence-corrected chi connectivity index (χ0v) is 14.7. The van der Waals surface area contributed by atoms with Crippen molar-refractivity contribution in [3.05, 3.63) is 35.9 Å².